The lowest BCUT2D eigenvalue weighted by molar-refractivity contribution is 0.115. The molecule has 31 heavy (non-hydrogen) atoms. The highest BCUT2D eigenvalue weighted by Gasteiger charge is 2.09. The fraction of sp³-hybridized carbons (Fsp3) is 0.286. The van der Waals surface area contributed by atoms with Crippen molar-refractivity contribution >= 4 is 10.8 Å². The molecule has 0 aliphatic heterocycles. The van der Waals surface area contributed by atoms with Gasteiger partial charge >= 0.3 is 0 Å². The number of hydrogen-bond acceptors (Lipinski definition) is 3. The van der Waals surface area contributed by atoms with Gasteiger partial charge in [-0.15, -0.1) is 0 Å². The van der Waals surface area contributed by atoms with Crippen LogP contribution in [0.3, 0.4) is 0 Å². The van der Waals surface area contributed by atoms with Crippen LogP contribution in [-0.4, -0.2) is 19.3 Å². The SMILES string of the molecule is NC(COCc1ccc2ccc(COCCc3ccccc3)cc2c1)C1=CCCC=C1. The minimum atomic E-state index is -0.0587. The molecule has 0 bridgehead atoms. The molecule has 2 N–H and O–H groups in total. The molecule has 0 saturated heterocycles. The number of nitrogens with two attached hydrogens (primary N) is 1. The molecule has 160 valence electrons. The van der Waals surface area contributed by atoms with Gasteiger partial charge in [0.25, 0.3) is 0 Å². The van der Waals surface area contributed by atoms with Crippen LogP contribution in [-0.2, 0) is 29.1 Å². The van der Waals surface area contributed by atoms with E-state index in [2.05, 4.69) is 78.9 Å². The average molecular weight is 414 g/mol. The van der Waals surface area contributed by atoms with Crippen LogP contribution >= 0.6 is 0 Å². The largest absolute Gasteiger partial charge is 0.376 e. The van der Waals surface area contributed by atoms with Crippen molar-refractivity contribution in [1.82, 2.24) is 0 Å². The fourth-order valence-corrected chi connectivity index (χ4v) is 3.86. The Morgan fingerprint density at radius 1 is 0.774 bits per heavy atom. The summed E-state index contributed by atoms with van der Waals surface area (Å²) in [5, 5.41) is 2.44. The summed E-state index contributed by atoms with van der Waals surface area (Å²) >= 11 is 0. The molecular formula is C28H31NO2. The number of hydrogen-bond donors (Lipinski definition) is 1. The van der Waals surface area contributed by atoms with E-state index in [0.717, 1.165) is 31.4 Å². The maximum atomic E-state index is 6.26. The van der Waals surface area contributed by atoms with Crippen molar-refractivity contribution < 1.29 is 9.47 Å². The third-order valence-electron chi connectivity index (χ3n) is 5.63. The van der Waals surface area contributed by atoms with Crippen LogP contribution in [0.4, 0.5) is 0 Å². The molecule has 0 fully saturated rings. The molecule has 0 heterocycles. The zero-order chi connectivity index (χ0) is 21.3. The third-order valence-corrected chi connectivity index (χ3v) is 5.63. The zero-order valence-electron chi connectivity index (χ0n) is 18.0. The topological polar surface area (TPSA) is 44.5 Å². The average Bonchev–Trinajstić information content (AvgIpc) is 2.83. The number of fused-ring (bicyclic) bond motifs is 1. The summed E-state index contributed by atoms with van der Waals surface area (Å²) in [7, 11) is 0. The van der Waals surface area contributed by atoms with E-state index in [9.17, 15) is 0 Å². The molecule has 0 aromatic heterocycles. The van der Waals surface area contributed by atoms with E-state index >= 15 is 0 Å². The molecule has 4 rings (SSSR count). The highest BCUT2D eigenvalue weighted by molar-refractivity contribution is 5.83. The molecule has 3 aromatic carbocycles. The molecule has 3 nitrogen and oxygen atoms in total. The van der Waals surface area contributed by atoms with Gasteiger partial charge in [0, 0.05) is 0 Å². The Kier molecular flexibility index (Phi) is 7.67. The lowest BCUT2D eigenvalue weighted by Crippen LogP contribution is -2.28. The monoisotopic (exact) mass is 413 g/mol. The molecular weight excluding hydrogens is 382 g/mol. The molecule has 3 aromatic rings. The van der Waals surface area contributed by atoms with E-state index in [0.29, 0.717) is 19.8 Å². The highest BCUT2D eigenvalue weighted by atomic mass is 16.5. The fourth-order valence-electron chi connectivity index (χ4n) is 3.86. The van der Waals surface area contributed by atoms with Crippen LogP contribution in [0, 0.1) is 0 Å². The summed E-state index contributed by atoms with van der Waals surface area (Å²) < 4.78 is 11.8. The van der Waals surface area contributed by atoms with E-state index in [4.69, 9.17) is 15.2 Å². The van der Waals surface area contributed by atoms with Crippen LogP contribution in [0.5, 0.6) is 0 Å². The lowest BCUT2D eigenvalue weighted by Gasteiger charge is -2.16. The highest BCUT2D eigenvalue weighted by Crippen LogP contribution is 2.20. The van der Waals surface area contributed by atoms with E-state index in [1.807, 2.05) is 6.07 Å². The van der Waals surface area contributed by atoms with Gasteiger partial charge in [0.1, 0.15) is 0 Å². The van der Waals surface area contributed by atoms with E-state index in [1.165, 1.54) is 27.5 Å². The van der Waals surface area contributed by atoms with E-state index in [1.54, 1.807) is 0 Å². The third kappa shape index (κ3) is 6.38. The molecule has 1 unspecified atom stereocenters. The van der Waals surface area contributed by atoms with Gasteiger partial charge in [-0.05, 0) is 64.4 Å². The summed E-state index contributed by atoms with van der Waals surface area (Å²) in [6.07, 6.45) is 9.63. The second-order valence-corrected chi connectivity index (χ2v) is 8.11. The second-order valence-electron chi connectivity index (χ2n) is 8.11. The maximum absolute atomic E-state index is 6.26. The van der Waals surface area contributed by atoms with Gasteiger partial charge in [-0.3, -0.25) is 0 Å². The molecule has 0 radical (unpaired) electrons. The molecule has 3 heteroatoms. The van der Waals surface area contributed by atoms with Crippen molar-refractivity contribution in [3.8, 4) is 0 Å². The van der Waals surface area contributed by atoms with Crippen LogP contribution in [0.15, 0.2) is 90.5 Å². The van der Waals surface area contributed by atoms with Crippen LogP contribution in [0.1, 0.15) is 29.5 Å². The quantitative estimate of drug-likeness (QED) is 0.432. The van der Waals surface area contributed by atoms with Crippen molar-refractivity contribution in [3.63, 3.8) is 0 Å². The summed E-state index contributed by atoms with van der Waals surface area (Å²) in [6.45, 7) is 2.45. The van der Waals surface area contributed by atoms with Crippen molar-refractivity contribution in [3.05, 3.63) is 107 Å². The summed E-state index contributed by atoms with van der Waals surface area (Å²) in [5.41, 5.74) is 11.1. The van der Waals surface area contributed by atoms with Gasteiger partial charge in [-0.2, -0.15) is 0 Å². The smallest absolute Gasteiger partial charge is 0.0718 e. The first kappa shape index (κ1) is 21.5. The normalized spacial score (nSPS) is 14.5. The van der Waals surface area contributed by atoms with Crippen molar-refractivity contribution in [2.24, 2.45) is 5.73 Å². The Bertz CT molecular complexity index is 1040. The van der Waals surface area contributed by atoms with Gasteiger partial charge in [-0.25, -0.2) is 0 Å². The van der Waals surface area contributed by atoms with Crippen LogP contribution in [0.2, 0.25) is 0 Å². The Hall–Kier alpha value is -2.72. The summed E-state index contributed by atoms with van der Waals surface area (Å²) in [6, 6.07) is 23.4. The van der Waals surface area contributed by atoms with E-state index in [-0.39, 0.29) is 6.04 Å². The summed E-state index contributed by atoms with van der Waals surface area (Å²) in [5.74, 6) is 0. The number of allylic oxidation sites excluding steroid dienone is 2. The molecule has 1 aliphatic carbocycles. The molecule has 1 aliphatic rings. The predicted octanol–water partition coefficient (Wildman–Crippen LogP) is 5.72. The van der Waals surface area contributed by atoms with Gasteiger partial charge in [0.2, 0.25) is 0 Å². The lowest BCUT2D eigenvalue weighted by atomic mass is 10.0. The Morgan fingerprint density at radius 3 is 2.23 bits per heavy atom. The first-order valence-electron chi connectivity index (χ1n) is 11.1. The van der Waals surface area contributed by atoms with Gasteiger partial charge in [0.15, 0.2) is 0 Å². The summed E-state index contributed by atoms with van der Waals surface area (Å²) in [4.78, 5) is 0. The molecule has 0 saturated carbocycles. The first-order valence-corrected chi connectivity index (χ1v) is 11.1. The number of rotatable bonds is 10. The Morgan fingerprint density at radius 2 is 1.52 bits per heavy atom. The minimum Gasteiger partial charge on any atom is -0.376 e. The van der Waals surface area contributed by atoms with Crippen LogP contribution in [0.25, 0.3) is 10.8 Å². The Balaban J connectivity index is 1.28. The number of ether oxygens (including phenoxy) is 2. The number of benzene rings is 3. The Labute approximate surface area is 185 Å². The second kappa shape index (κ2) is 11.1. The van der Waals surface area contributed by atoms with Gasteiger partial charge in [0.05, 0.1) is 32.5 Å². The van der Waals surface area contributed by atoms with Crippen molar-refractivity contribution in [2.45, 2.75) is 38.5 Å². The maximum Gasteiger partial charge on any atom is 0.0718 e. The zero-order valence-corrected chi connectivity index (χ0v) is 18.0. The molecule has 0 amide bonds. The molecule has 0 spiro atoms. The standard InChI is InChI=1S/C28H31NO2/c29-28(26-9-5-2-6-10-26)21-31-20-24-12-14-25-13-11-23(17-27(25)18-24)19-30-16-15-22-7-3-1-4-8-22/h1,3-5,7-14,17-18,28H,2,6,15-16,19-21,29H2. The van der Waals surface area contributed by atoms with Gasteiger partial charge in [-0.1, -0.05) is 72.8 Å². The van der Waals surface area contributed by atoms with Crippen molar-refractivity contribution in [2.75, 3.05) is 13.2 Å². The van der Waals surface area contributed by atoms with Crippen LogP contribution < -0.4 is 5.73 Å². The minimum absolute atomic E-state index is 0.0587. The van der Waals surface area contributed by atoms with Gasteiger partial charge < -0.3 is 15.2 Å². The van der Waals surface area contributed by atoms with E-state index < -0.39 is 0 Å². The first-order chi connectivity index (χ1) is 15.3. The molecule has 1 atom stereocenters. The van der Waals surface area contributed by atoms with Crippen molar-refractivity contribution in [1.29, 1.82) is 0 Å². The predicted molar refractivity (Wildman–Crippen MR) is 128 cm³/mol.